The minimum atomic E-state index is 0.227. The summed E-state index contributed by atoms with van der Waals surface area (Å²) in [5.41, 5.74) is 3.73. The normalized spacial score (nSPS) is 16.8. The Balaban J connectivity index is 1.19. The van der Waals surface area contributed by atoms with Crippen LogP contribution in [-0.4, -0.2) is 72.4 Å². The van der Waals surface area contributed by atoms with Gasteiger partial charge in [-0.05, 0) is 37.0 Å². The van der Waals surface area contributed by atoms with Crippen LogP contribution in [0.1, 0.15) is 31.2 Å². The van der Waals surface area contributed by atoms with Crippen molar-refractivity contribution in [1.82, 2.24) is 34.3 Å². The summed E-state index contributed by atoms with van der Waals surface area (Å²) < 4.78 is 2.02. The molecule has 1 amide bonds. The maximum atomic E-state index is 12.1. The monoisotopic (exact) mass is 511 g/mol. The van der Waals surface area contributed by atoms with Crippen molar-refractivity contribution in [3.05, 3.63) is 66.7 Å². The zero-order chi connectivity index (χ0) is 25.7. The second kappa shape index (κ2) is 11.1. The van der Waals surface area contributed by atoms with Crippen LogP contribution in [-0.2, 0) is 17.9 Å². The van der Waals surface area contributed by atoms with Gasteiger partial charge in [-0.1, -0.05) is 30.3 Å². The van der Waals surface area contributed by atoms with Gasteiger partial charge >= 0.3 is 0 Å². The molecule has 0 radical (unpaired) electrons. The Kier molecular flexibility index (Phi) is 7.12. The van der Waals surface area contributed by atoms with Crippen LogP contribution in [0.5, 0.6) is 0 Å². The molecule has 0 spiro atoms. The minimum Gasteiger partial charge on any atom is -0.365 e. The molecule has 2 N–H and O–H groups in total. The maximum Gasteiger partial charge on any atom is 0.231 e. The molecule has 4 aromatic rings. The van der Waals surface area contributed by atoms with Gasteiger partial charge in [0.2, 0.25) is 11.9 Å². The van der Waals surface area contributed by atoms with Crippen molar-refractivity contribution < 1.29 is 4.79 Å². The molecular weight excluding hydrogens is 478 g/mol. The number of nitrogens with zero attached hydrogens (tertiary/aromatic N) is 7. The third-order valence-corrected chi connectivity index (χ3v) is 7.36. The largest absolute Gasteiger partial charge is 0.365 e. The van der Waals surface area contributed by atoms with Crippen molar-refractivity contribution in [2.24, 2.45) is 0 Å². The highest BCUT2D eigenvalue weighted by Crippen LogP contribution is 2.26. The van der Waals surface area contributed by atoms with Crippen molar-refractivity contribution in [2.75, 3.05) is 36.8 Å². The molecule has 3 aromatic heterocycles. The summed E-state index contributed by atoms with van der Waals surface area (Å²) in [6, 6.07) is 14.7. The summed E-state index contributed by atoms with van der Waals surface area (Å²) >= 11 is 0. The first-order chi connectivity index (χ1) is 18.7. The summed E-state index contributed by atoms with van der Waals surface area (Å²) in [6.07, 6.45) is 8.92. The number of piperidine rings is 1. The number of nitrogens with one attached hydrogen (secondary N) is 2. The number of aromatic nitrogens is 5. The highest BCUT2D eigenvalue weighted by atomic mass is 16.2. The highest BCUT2D eigenvalue weighted by molar-refractivity contribution is 5.85. The van der Waals surface area contributed by atoms with Crippen molar-refractivity contribution in [3.8, 4) is 0 Å². The van der Waals surface area contributed by atoms with Crippen molar-refractivity contribution in [2.45, 2.75) is 44.8 Å². The van der Waals surface area contributed by atoms with Crippen LogP contribution < -0.4 is 10.6 Å². The van der Waals surface area contributed by atoms with E-state index >= 15 is 0 Å². The molecule has 2 fully saturated rings. The van der Waals surface area contributed by atoms with Crippen LogP contribution in [0.15, 0.2) is 61.2 Å². The van der Waals surface area contributed by atoms with Crippen molar-refractivity contribution in [3.63, 3.8) is 0 Å². The first kappa shape index (κ1) is 24.3. The third kappa shape index (κ3) is 5.60. The minimum absolute atomic E-state index is 0.227. The lowest BCUT2D eigenvalue weighted by Gasteiger charge is -2.32. The average molecular weight is 512 g/mol. The number of hydrogen-bond acceptors (Lipinski definition) is 8. The van der Waals surface area contributed by atoms with Crippen molar-refractivity contribution >= 4 is 34.5 Å². The molecule has 0 atom stereocenters. The van der Waals surface area contributed by atoms with E-state index in [2.05, 4.69) is 50.8 Å². The van der Waals surface area contributed by atoms with E-state index < -0.39 is 0 Å². The van der Waals surface area contributed by atoms with Gasteiger partial charge in [-0.15, -0.1) is 0 Å². The lowest BCUT2D eigenvalue weighted by molar-refractivity contribution is -0.127. The standard InChI is InChI=1S/C28H33N9O/c38-24-7-4-14-36(24)17-18-37-20-30-25-26(33-28(34-27(25)37)32-22-8-12-29-13-9-22)31-23-10-15-35(16-11-23)19-21-5-2-1-3-6-21/h1-3,5-6,8-9,12-13,20,23H,4,7,10-11,14-19H2,(H2,29,31,32,33,34). The zero-order valence-electron chi connectivity index (χ0n) is 21.5. The van der Waals surface area contributed by atoms with E-state index in [1.165, 1.54) is 5.56 Å². The summed E-state index contributed by atoms with van der Waals surface area (Å²) in [6.45, 7) is 5.16. The number of carbonyl (C=O) groups is 1. The molecular formula is C28H33N9O. The lowest BCUT2D eigenvalue weighted by Crippen LogP contribution is -2.38. The van der Waals surface area contributed by atoms with Gasteiger partial charge < -0.3 is 20.1 Å². The Morgan fingerprint density at radius 3 is 2.53 bits per heavy atom. The molecule has 1 aromatic carbocycles. The van der Waals surface area contributed by atoms with Crippen molar-refractivity contribution in [1.29, 1.82) is 0 Å². The molecule has 0 saturated carbocycles. The fourth-order valence-corrected chi connectivity index (χ4v) is 5.27. The topological polar surface area (TPSA) is 104 Å². The molecule has 5 heterocycles. The fourth-order valence-electron chi connectivity index (χ4n) is 5.27. The quantitative estimate of drug-likeness (QED) is 0.351. The second-order valence-electron chi connectivity index (χ2n) is 10.0. The first-order valence-electron chi connectivity index (χ1n) is 13.4. The molecule has 196 valence electrons. The van der Waals surface area contributed by atoms with Gasteiger partial charge in [-0.25, -0.2) is 4.98 Å². The molecule has 10 heteroatoms. The number of likely N-dealkylation sites (tertiary alicyclic amines) is 2. The average Bonchev–Trinajstić information content (AvgIpc) is 3.55. The Morgan fingerprint density at radius 1 is 0.947 bits per heavy atom. The smallest absolute Gasteiger partial charge is 0.231 e. The fraction of sp³-hybridized carbons (Fsp3) is 0.393. The molecule has 2 saturated heterocycles. The highest BCUT2D eigenvalue weighted by Gasteiger charge is 2.23. The van der Waals surface area contributed by atoms with Crippen LogP contribution in [0, 0.1) is 0 Å². The van der Waals surface area contributed by atoms with E-state index in [0.29, 0.717) is 31.5 Å². The zero-order valence-corrected chi connectivity index (χ0v) is 21.5. The summed E-state index contributed by atoms with van der Waals surface area (Å²) in [7, 11) is 0. The van der Waals surface area contributed by atoms with E-state index in [9.17, 15) is 4.79 Å². The number of fused-ring (bicyclic) bond motifs is 1. The van der Waals surface area contributed by atoms with Crippen LogP contribution in [0.2, 0.25) is 0 Å². The Bertz CT molecular complexity index is 1370. The number of pyridine rings is 1. The molecule has 10 nitrogen and oxygen atoms in total. The summed E-state index contributed by atoms with van der Waals surface area (Å²) in [5, 5.41) is 6.99. The van der Waals surface area contributed by atoms with Gasteiger partial charge in [-0.3, -0.25) is 14.7 Å². The van der Waals surface area contributed by atoms with Crippen LogP contribution in [0.3, 0.4) is 0 Å². The Hall–Kier alpha value is -4.05. The molecule has 2 aliphatic rings. The maximum absolute atomic E-state index is 12.1. The molecule has 0 aliphatic carbocycles. The second-order valence-corrected chi connectivity index (χ2v) is 10.0. The molecule has 2 aliphatic heterocycles. The van der Waals surface area contributed by atoms with Crippen LogP contribution >= 0.6 is 0 Å². The summed E-state index contributed by atoms with van der Waals surface area (Å²) in [4.78, 5) is 35.0. The van der Waals surface area contributed by atoms with E-state index in [1.807, 2.05) is 27.9 Å². The van der Waals surface area contributed by atoms with E-state index in [-0.39, 0.29) is 5.91 Å². The van der Waals surface area contributed by atoms with E-state index in [0.717, 1.165) is 68.1 Å². The number of carbonyl (C=O) groups excluding carboxylic acids is 1. The number of rotatable bonds is 9. The van der Waals surface area contributed by atoms with Gasteiger partial charge in [0, 0.05) is 69.8 Å². The summed E-state index contributed by atoms with van der Waals surface area (Å²) in [5.74, 6) is 1.47. The number of amides is 1. The molecule has 38 heavy (non-hydrogen) atoms. The van der Waals surface area contributed by atoms with E-state index in [1.54, 1.807) is 12.4 Å². The first-order valence-corrected chi connectivity index (χ1v) is 13.4. The van der Waals surface area contributed by atoms with Gasteiger partial charge in [0.1, 0.15) is 0 Å². The van der Waals surface area contributed by atoms with Gasteiger partial charge in [0.05, 0.1) is 6.33 Å². The molecule has 6 rings (SSSR count). The van der Waals surface area contributed by atoms with Gasteiger partial charge in [0.25, 0.3) is 0 Å². The Morgan fingerprint density at radius 2 is 1.76 bits per heavy atom. The predicted octanol–water partition coefficient (Wildman–Crippen LogP) is 3.66. The van der Waals surface area contributed by atoms with Gasteiger partial charge in [0.15, 0.2) is 17.0 Å². The Labute approximate surface area is 222 Å². The number of benzene rings is 1. The number of imidazole rings is 1. The van der Waals surface area contributed by atoms with Crippen LogP contribution in [0.4, 0.5) is 17.5 Å². The van der Waals surface area contributed by atoms with Gasteiger partial charge in [-0.2, -0.15) is 9.97 Å². The third-order valence-electron chi connectivity index (χ3n) is 7.36. The predicted molar refractivity (Wildman–Crippen MR) is 147 cm³/mol. The molecule has 0 bridgehead atoms. The SMILES string of the molecule is O=C1CCCN1CCn1cnc2c(NC3CCN(Cc4ccccc4)CC3)nc(Nc3ccncc3)nc21. The number of hydrogen-bond donors (Lipinski definition) is 2. The number of anilines is 3. The molecule has 0 unspecified atom stereocenters. The lowest BCUT2D eigenvalue weighted by atomic mass is 10.0. The van der Waals surface area contributed by atoms with Crippen LogP contribution in [0.25, 0.3) is 11.2 Å². The van der Waals surface area contributed by atoms with E-state index in [4.69, 9.17) is 15.0 Å².